The van der Waals surface area contributed by atoms with E-state index in [4.69, 9.17) is 10.5 Å². The average Bonchev–Trinajstić information content (AvgIpc) is 2.26. The number of ether oxygens (including phenoxy) is 1. The van der Waals surface area contributed by atoms with E-state index < -0.39 is 0 Å². The maximum Gasteiger partial charge on any atom is 0.215 e. The molecule has 0 unspecified atom stereocenters. The number of nitrogen functional groups attached to an aromatic ring is 1. The minimum Gasteiger partial charge on any atom is -0.481 e. The van der Waals surface area contributed by atoms with Crippen LogP contribution < -0.4 is 15.8 Å². The van der Waals surface area contributed by atoms with E-state index in [1.54, 1.807) is 19.2 Å². The van der Waals surface area contributed by atoms with E-state index in [1.807, 2.05) is 0 Å². The highest BCUT2D eigenvalue weighted by Crippen LogP contribution is 2.19. The van der Waals surface area contributed by atoms with Gasteiger partial charge in [0.1, 0.15) is 0 Å². The second-order valence-corrected chi connectivity index (χ2v) is 3.43. The van der Waals surface area contributed by atoms with Crippen LogP contribution in [0.2, 0.25) is 0 Å². The summed E-state index contributed by atoms with van der Waals surface area (Å²) in [6.45, 7) is 3.08. The topological polar surface area (TPSA) is 60.2 Å². The third-order valence-electron chi connectivity index (χ3n) is 2.18. The van der Waals surface area contributed by atoms with Crippen molar-refractivity contribution in [3.63, 3.8) is 0 Å². The number of rotatable bonds is 6. The number of hydrogen-bond donors (Lipinski definition) is 2. The summed E-state index contributed by atoms with van der Waals surface area (Å²) in [4.78, 5) is 4.23. The zero-order valence-corrected chi connectivity index (χ0v) is 9.42. The van der Waals surface area contributed by atoms with Crippen LogP contribution >= 0.6 is 0 Å². The molecule has 1 aromatic rings. The summed E-state index contributed by atoms with van der Waals surface area (Å²) in [6.07, 6.45) is 3.56. The first-order chi connectivity index (χ1) is 7.27. The molecule has 0 atom stereocenters. The molecule has 0 aliphatic carbocycles. The Morgan fingerprint density at radius 2 is 2.20 bits per heavy atom. The first kappa shape index (κ1) is 11.6. The molecule has 0 aliphatic heterocycles. The minimum absolute atomic E-state index is 0.585. The van der Waals surface area contributed by atoms with Gasteiger partial charge in [0.05, 0.1) is 12.8 Å². The van der Waals surface area contributed by atoms with Gasteiger partial charge in [-0.3, -0.25) is 0 Å². The fourth-order valence-corrected chi connectivity index (χ4v) is 1.29. The molecule has 1 aromatic heterocycles. The number of nitrogens with one attached hydrogen (secondary N) is 1. The van der Waals surface area contributed by atoms with E-state index in [-0.39, 0.29) is 0 Å². The van der Waals surface area contributed by atoms with E-state index in [9.17, 15) is 0 Å². The Morgan fingerprint density at radius 1 is 1.40 bits per heavy atom. The highest BCUT2D eigenvalue weighted by molar-refractivity contribution is 5.61. The average molecular weight is 209 g/mol. The fourth-order valence-electron chi connectivity index (χ4n) is 1.29. The van der Waals surface area contributed by atoms with Crippen LogP contribution in [0.15, 0.2) is 12.1 Å². The van der Waals surface area contributed by atoms with Crippen LogP contribution in [0.4, 0.5) is 11.5 Å². The number of methoxy groups -OCH3 is 1. The lowest BCUT2D eigenvalue weighted by Crippen LogP contribution is -2.06. The van der Waals surface area contributed by atoms with E-state index in [0.717, 1.165) is 13.0 Å². The predicted molar refractivity (Wildman–Crippen MR) is 63.2 cm³/mol. The van der Waals surface area contributed by atoms with Crippen molar-refractivity contribution in [3.05, 3.63) is 12.1 Å². The molecule has 0 aliphatic rings. The maximum absolute atomic E-state index is 5.78. The van der Waals surface area contributed by atoms with Crippen LogP contribution in [0, 0.1) is 0 Å². The molecule has 1 heterocycles. The van der Waals surface area contributed by atoms with E-state index in [0.29, 0.717) is 17.4 Å². The Bertz CT molecular complexity index is 302. The van der Waals surface area contributed by atoms with Gasteiger partial charge in [-0.05, 0) is 12.5 Å². The van der Waals surface area contributed by atoms with Crippen molar-refractivity contribution in [2.75, 3.05) is 24.7 Å². The van der Waals surface area contributed by atoms with Crippen molar-refractivity contribution in [1.82, 2.24) is 4.98 Å². The molecule has 0 fully saturated rings. The van der Waals surface area contributed by atoms with E-state index >= 15 is 0 Å². The summed E-state index contributed by atoms with van der Waals surface area (Å²) in [5.41, 5.74) is 6.44. The van der Waals surface area contributed by atoms with Crippen molar-refractivity contribution in [2.24, 2.45) is 0 Å². The molecule has 3 N–H and O–H groups in total. The fraction of sp³-hybridized carbons (Fsp3) is 0.545. The summed E-state index contributed by atoms with van der Waals surface area (Å²) < 4.78 is 5.03. The van der Waals surface area contributed by atoms with Crippen molar-refractivity contribution in [2.45, 2.75) is 26.2 Å². The number of unbranched alkanes of at least 4 members (excludes halogenated alkanes) is 2. The van der Waals surface area contributed by atoms with Gasteiger partial charge < -0.3 is 15.8 Å². The number of anilines is 2. The molecular formula is C11H19N3O. The van der Waals surface area contributed by atoms with Crippen molar-refractivity contribution in [1.29, 1.82) is 0 Å². The van der Waals surface area contributed by atoms with Gasteiger partial charge in [0.15, 0.2) is 5.82 Å². The first-order valence-corrected chi connectivity index (χ1v) is 5.32. The third kappa shape index (κ3) is 3.65. The van der Waals surface area contributed by atoms with E-state index in [2.05, 4.69) is 17.2 Å². The number of aromatic nitrogens is 1. The molecule has 0 saturated heterocycles. The number of nitrogens with two attached hydrogens (primary N) is 1. The summed E-state index contributed by atoms with van der Waals surface area (Å²) in [5, 5.41) is 3.21. The molecule has 0 radical (unpaired) electrons. The second-order valence-electron chi connectivity index (χ2n) is 3.43. The Hall–Kier alpha value is -1.45. The molecule has 4 nitrogen and oxygen atoms in total. The molecule has 0 aromatic carbocycles. The summed E-state index contributed by atoms with van der Waals surface area (Å²) in [7, 11) is 1.60. The van der Waals surface area contributed by atoms with Gasteiger partial charge >= 0.3 is 0 Å². The summed E-state index contributed by atoms with van der Waals surface area (Å²) in [5.74, 6) is 1.30. The molecule has 0 spiro atoms. The Kier molecular flexibility index (Phi) is 4.74. The maximum atomic E-state index is 5.78. The Balaban J connectivity index is 2.51. The molecule has 0 amide bonds. The molecule has 84 valence electrons. The zero-order valence-electron chi connectivity index (χ0n) is 9.42. The van der Waals surface area contributed by atoms with Crippen LogP contribution in [0.25, 0.3) is 0 Å². The van der Waals surface area contributed by atoms with Crippen LogP contribution in [-0.2, 0) is 0 Å². The van der Waals surface area contributed by atoms with E-state index in [1.165, 1.54) is 12.8 Å². The summed E-state index contributed by atoms with van der Waals surface area (Å²) in [6, 6.07) is 3.56. The number of pyridine rings is 1. The lowest BCUT2D eigenvalue weighted by Gasteiger charge is -2.09. The van der Waals surface area contributed by atoms with Crippen LogP contribution in [-0.4, -0.2) is 18.6 Å². The smallest absolute Gasteiger partial charge is 0.215 e. The largest absolute Gasteiger partial charge is 0.481 e. The molecule has 15 heavy (non-hydrogen) atoms. The minimum atomic E-state index is 0.585. The summed E-state index contributed by atoms with van der Waals surface area (Å²) >= 11 is 0. The molecule has 4 heteroatoms. The highest BCUT2D eigenvalue weighted by Gasteiger charge is 2.01. The molecule has 0 bridgehead atoms. The molecule has 1 rings (SSSR count). The zero-order chi connectivity index (χ0) is 11.1. The second kappa shape index (κ2) is 6.11. The molecule has 0 saturated carbocycles. The Morgan fingerprint density at radius 3 is 2.87 bits per heavy atom. The Labute approximate surface area is 90.8 Å². The lowest BCUT2D eigenvalue weighted by molar-refractivity contribution is 0.398. The van der Waals surface area contributed by atoms with Gasteiger partial charge in [0.25, 0.3) is 0 Å². The van der Waals surface area contributed by atoms with Gasteiger partial charge in [-0.15, -0.1) is 0 Å². The van der Waals surface area contributed by atoms with Gasteiger partial charge in [-0.2, -0.15) is 4.98 Å². The normalized spacial score (nSPS) is 10.0. The van der Waals surface area contributed by atoms with Gasteiger partial charge in [-0.1, -0.05) is 19.8 Å². The standard InChI is InChI=1S/C11H19N3O/c1-3-4-5-8-13-11-9(12)6-7-10(14-11)15-2/h6-7H,3-5,8,12H2,1-2H3,(H,13,14). The van der Waals surface area contributed by atoms with Gasteiger partial charge in [0, 0.05) is 12.6 Å². The van der Waals surface area contributed by atoms with Crippen LogP contribution in [0.1, 0.15) is 26.2 Å². The number of hydrogen-bond acceptors (Lipinski definition) is 4. The SMILES string of the molecule is CCCCCNc1nc(OC)ccc1N. The molecular weight excluding hydrogens is 190 g/mol. The van der Waals surface area contributed by atoms with Crippen LogP contribution in [0.5, 0.6) is 5.88 Å². The van der Waals surface area contributed by atoms with Crippen LogP contribution in [0.3, 0.4) is 0 Å². The van der Waals surface area contributed by atoms with Crippen molar-refractivity contribution in [3.8, 4) is 5.88 Å². The predicted octanol–water partition coefficient (Wildman–Crippen LogP) is 2.27. The van der Waals surface area contributed by atoms with Gasteiger partial charge in [0.2, 0.25) is 5.88 Å². The quantitative estimate of drug-likeness (QED) is 0.706. The third-order valence-corrected chi connectivity index (χ3v) is 2.18. The monoisotopic (exact) mass is 209 g/mol. The van der Waals surface area contributed by atoms with Crippen molar-refractivity contribution < 1.29 is 4.74 Å². The lowest BCUT2D eigenvalue weighted by atomic mass is 10.2. The number of nitrogens with zero attached hydrogens (tertiary/aromatic N) is 1. The van der Waals surface area contributed by atoms with Gasteiger partial charge in [-0.25, -0.2) is 0 Å². The van der Waals surface area contributed by atoms with Crippen molar-refractivity contribution >= 4 is 11.5 Å². The highest BCUT2D eigenvalue weighted by atomic mass is 16.5. The first-order valence-electron chi connectivity index (χ1n) is 5.32.